The summed E-state index contributed by atoms with van der Waals surface area (Å²) in [5, 5.41) is 0. The molecule has 1 heterocycles. The first-order valence-electron chi connectivity index (χ1n) is 6.69. The first-order chi connectivity index (χ1) is 8.61. The highest BCUT2D eigenvalue weighted by Gasteiger charge is 2.31. The van der Waals surface area contributed by atoms with Crippen LogP contribution in [0.5, 0.6) is 0 Å². The van der Waals surface area contributed by atoms with Crippen LogP contribution in [0.2, 0.25) is 0 Å². The fraction of sp³-hybridized carbons (Fsp3) is 0.643. The Morgan fingerprint density at radius 1 is 1.39 bits per heavy atom. The number of aromatic nitrogens is 1. The minimum absolute atomic E-state index is 0.207. The lowest BCUT2D eigenvalue weighted by Crippen LogP contribution is -2.11. The molecular weight excluding hydrogens is 228 g/mol. The van der Waals surface area contributed by atoms with Crippen molar-refractivity contribution in [3.8, 4) is 0 Å². The number of esters is 1. The van der Waals surface area contributed by atoms with E-state index in [0.29, 0.717) is 19.2 Å². The number of nitrogens with two attached hydrogens (primary N) is 1. The number of carbonyl (C=O) groups excluding carboxylic acids is 1. The smallest absolute Gasteiger partial charge is 0.340 e. The Morgan fingerprint density at radius 3 is 2.56 bits per heavy atom. The van der Waals surface area contributed by atoms with Crippen LogP contribution in [0.15, 0.2) is 0 Å². The predicted molar refractivity (Wildman–Crippen MR) is 70.9 cm³/mol. The Labute approximate surface area is 108 Å². The van der Waals surface area contributed by atoms with Crippen LogP contribution in [0, 0.1) is 13.8 Å². The van der Waals surface area contributed by atoms with Gasteiger partial charge in [0.25, 0.3) is 0 Å². The molecule has 4 heteroatoms. The fourth-order valence-corrected chi connectivity index (χ4v) is 2.72. The van der Waals surface area contributed by atoms with Crippen molar-refractivity contribution in [3.05, 3.63) is 22.5 Å². The van der Waals surface area contributed by atoms with Gasteiger partial charge in [-0.2, -0.15) is 0 Å². The van der Waals surface area contributed by atoms with Crippen LogP contribution in [-0.2, 0) is 11.2 Å². The fourth-order valence-electron chi connectivity index (χ4n) is 2.72. The minimum atomic E-state index is -0.207. The van der Waals surface area contributed by atoms with Gasteiger partial charge in [-0.15, -0.1) is 0 Å². The Morgan fingerprint density at radius 2 is 2.06 bits per heavy atom. The normalized spacial score (nSPS) is 14.9. The summed E-state index contributed by atoms with van der Waals surface area (Å²) < 4.78 is 7.46. The summed E-state index contributed by atoms with van der Waals surface area (Å²) in [5.41, 5.74) is 9.70. The quantitative estimate of drug-likeness (QED) is 0.814. The second-order valence-electron chi connectivity index (χ2n) is 4.88. The van der Waals surface area contributed by atoms with Crippen molar-refractivity contribution in [2.75, 3.05) is 13.2 Å². The lowest BCUT2D eigenvalue weighted by atomic mass is 10.1. The van der Waals surface area contributed by atoms with Gasteiger partial charge in [-0.05, 0) is 52.1 Å². The van der Waals surface area contributed by atoms with Gasteiger partial charge in [0.2, 0.25) is 0 Å². The summed E-state index contributed by atoms with van der Waals surface area (Å²) in [6, 6.07) is 0.574. The van der Waals surface area contributed by atoms with Crippen LogP contribution < -0.4 is 5.73 Å². The third-order valence-corrected chi connectivity index (χ3v) is 3.61. The van der Waals surface area contributed by atoms with E-state index in [4.69, 9.17) is 10.5 Å². The lowest BCUT2D eigenvalue weighted by molar-refractivity contribution is 0.0524. The molecule has 0 aliphatic heterocycles. The van der Waals surface area contributed by atoms with Gasteiger partial charge in [0, 0.05) is 17.4 Å². The van der Waals surface area contributed by atoms with Crippen LogP contribution in [-0.4, -0.2) is 23.7 Å². The van der Waals surface area contributed by atoms with E-state index in [1.54, 1.807) is 0 Å². The van der Waals surface area contributed by atoms with Gasteiger partial charge < -0.3 is 15.0 Å². The van der Waals surface area contributed by atoms with Crippen LogP contribution in [0.25, 0.3) is 0 Å². The maximum Gasteiger partial charge on any atom is 0.340 e. The number of ether oxygens (including phenoxy) is 1. The summed E-state index contributed by atoms with van der Waals surface area (Å²) in [7, 11) is 0. The second kappa shape index (κ2) is 5.14. The largest absolute Gasteiger partial charge is 0.462 e. The molecule has 100 valence electrons. The highest BCUT2D eigenvalue weighted by atomic mass is 16.5. The van der Waals surface area contributed by atoms with Gasteiger partial charge in [0.15, 0.2) is 0 Å². The van der Waals surface area contributed by atoms with Crippen LogP contribution >= 0.6 is 0 Å². The molecule has 1 aliphatic rings. The molecule has 0 atom stereocenters. The van der Waals surface area contributed by atoms with Gasteiger partial charge >= 0.3 is 5.97 Å². The number of hydrogen-bond donors (Lipinski definition) is 1. The monoisotopic (exact) mass is 250 g/mol. The summed E-state index contributed by atoms with van der Waals surface area (Å²) in [4.78, 5) is 12.1. The lowest BCUT2D eigenvalue weighted by Gasteiger charge is -2.07. The van der Waals surface area contributed by atoms with E-state index in [0.717, 1.165) is 23.2 Å². The van der Waals surface area contributed by atoms with E-state index in [-0.39, 0.29) is 5.97 Å². The molecule has 0 radical (unpaired) electrons. The molecule has 2 rings (SSSR count). The van der Waals surface area contributed by atoms with Crippen molar-refractivity contribution in [2.45, 2.75) is 46.1 Å². The molecule has 1 aromatic rings. The highest BCUT2D eigenvalue weighted by molar-refractivity contribution is 5.93. The van der Waals surface area contributed by atoms with Crippen molar-refractivity contribution < 1.29 is 9.53 Å². The van der Waals surface area contributed by atoms with Gasteiger partial charge in [-0.25, -0.2) is 4.79 Å². The molecule has 0 bridgehead atoms. The number of hydrogen-bond acceptors (Lipinski definition) is 3. The standard InChI is InChI=1S/C14H22N2O2/c1-4-18-14(17)13-10(3)16(11-5-6-11)9(2)12(13)7-8-15/h11H,4-8,15H2,1-3H3. The van der Waals surface area contributed by atoms with Crippen molar-refractivity contribution in [1.82, 2.24) is 4.57 Å². The Kier molecular flexibility index (Phi) is 3.76. The topological polar surface area (TPSA) is 57.2 Å². The molecule has 0 unspecified atom stereocenters. The van der Waals surface area contributed by atoms with Crippen LogP contribution in [0.4, 0.5) is 0 Å². The molecule has 1 fully saturated rings. The molecule has 0 spiro atoms. The van der Waals surface area contributed by atoms with E-state index in [9.17, 15) is 4.79 Å². The number of rotatable bonds is 5. The molecular formula is C14H22N2O2. The van der Waals surface area contributed by atoms with Gasteiger partial charge in [-0.3, -0.25) is 0 Å². The molecule has 1 aromatic heterocycles. The summed E-state index contributed by atoms with van der Waals surface area (Å²) in [6.45, 7) is 6.90. The third kappa shape index (κ3) is 2.17. The van der Waals surface area contributed by atoms with Crippen molar-refractivity contribution in [2.24, 2.45) is 5.73 Å². The molecule has 1 aliphatic carbocycles. The third-order valence-electron chi connectivity index (χ3n) is 3.61. The van der Waals surface area contributed by atoms with Crippen molar-refractivity contribution >= 4 is 5.97 Å². The van der Waals surface area contributed by atoms with E-state index >= 15 is 0 Å². The Hall–Kier alpha value is -1.29. The molecule has 2 N–H and O–H groups in total. The maximum absolute atomic E-state index is 12.1. The van der Waals surface area contributed by atoms with E-state index < -0.39 is 0 Å². The highest BCUT2D eigenvalue weighted by Crippen LogP contribution is 2.40. The summed E-state index contributed by atoms with van der Waals surface area (Å²) in [6.07, 6.45) is 3.15. The average molecular weight is 250 g/mol. The average Bonchev–Trinajstić information content (AvgIpc) is 3.10. The first kappa shape index (κ1) is 13.1. The van der Waals surface area contributed by atoms with Crippen LogP contribution in [0.3, 0.4) is 0 Å². The van der Waals surface area contributed by atoms with Gasteiger partial charge in [0.1, 0.15) is 0 Å². The summed E-state index contributed by atoms with van der Waals surface area (Å²) >= 11 is 0. The molecule has 0 amide bonds. The zero-order valence-electron chi connectivity index (χ0n) is 11.5. The number of nitrogens with zero attached hydrogens (tertiary/aromatic N) is 1. The van der Waals surface area contributed by atoms with E-state index in [1.165, 1.54) is 18.5 Å². The molecule has 0 saturated heterocycles. The predicted octanol–water partition coefficient (Wildman–Crippen LogP) is 2.12. The first-order valence-corrected chi connectivity index (χ1v) is 6.69. The number of carbonyl (C=O) groups is 1. The van der Waals surface area contributed by atoms with Crippen molar-refractivity contribution in [1.29, 1.82) is 0 Å². The van der Waals surface area contributed by atoms with Crippen LogP contribution in [0.1, 0.15) is 53.1 Å². The molecule has 1 saturated carbocycles. The Balaban J connectivity index is 2.47. The summed E-state index contributed by atoms with van der Waals surface area (Å²) in [5.74, 6) is -0.207. The zero-order valence-corrected chi connectivity index (χ0v) is 11.5. The molecule has 18 heavy (non-hydrogen) atoms. The van der Waals surface area contributed by atoms with E-state index in [2.05, 4.69) is 11.5 Å². The molecule has 0 aromatic carbocycles. The zero-order chi connectivity index (χ0) is 13.3. The Bertz CT molecular complexity index is 459. The van der Waals surface area contributed by atoms with Gasteiger partial charge in [-0.1, -0.05) is 0 Å². The minimum Gasteiger partial charge on any atom is -0.462 e. The molecule has 4 nitrogen and oxygen atoms in total. The SMILES string of the molecule is CCOC(=O)c1c(CCN)c(C)n(C2CC2)c1C. The second-order valence-corrected chi connectivity index (χ2v) is 4.88. The maximum atomic E-state index is 12.1. The van der Waals surface area contributed by atoms with Crippen molar-refractivity contribution in [3.63, 3.8) is 0 Å². The van der Waals surface area contributed by atoms with Gasteiger partial charge in [0.05, 0.1) is 12.2 Å². The van der Waals surface area contributed by atoms with E-state index in [1.807, 2.05) is 13.8 Å².